The second kappa shape index (κ2) is 11.6. The Hall–Kier alpha value is -3.64. The lowest BCUT2D eigenvalue weighted by Crippen LogP contribution is -2.38. The Morgan fingerprint density at radius 2 is 1.79 bits per heavy atom. The Balaban J connectivity index is 1.51. The van der Waals surface area contributed by atoms with Gasteiger partial charge in [-0.05, 0) is 80.2 Å². The standard InChI is InChI=1S/C26H25ClF3N5O3S/c1-16-14-22(26(28,29)30)32-34(16)13-3-12-33-21(15-23(36)31-18-6-10-20(38-2)11-7-18)24(37)35(25(33)39)19-8-4-17(27)5-9-19/h4-11,14,21H,3,12-13,15H2,1-2H3,(H,31,36)/t21-/m1/s1. The number of alkyl halides is 3. The molecule has 1 saturated heterocycles. The molecule has 0 aliphatic carbocycles. The summed E-state index contributed by atoms with van der Waals surface area (Å²) in [5.41, 5.74) is 0.425. The Morgan fingerprint density at radius 3 is 2.38 bits per heavy atom. The fourth-order valence-electron chi connectivity index (χ4n) is 4.24. The van der Waals surface area contributed by atoms with Crippen LogP contribution in [0.4, 0.5) is 24.5 Å². The molecule has 0 saturated carbocycles. The number of nitrogens with one attached hydrogen (secondary N) is 1. The van der Waals surface area contributed by atoms with Crippen LogP contribution in [-0.2, 0) is 22.3 Å². The molecule has 39 heavy (non-hydrogen) atoms. The molecule has 8 nitrogen and oxygen atoms in total. The van der Waals surface area contributed by atoms with Crippen molar-refractivity contribution >= 4 is 52.1 Å². The first-order valence-corrected chi connectivity index (χ1v) is 12.7. The normalized spacial score (nSPS) is 15.7. The van der Waals surface area contributed by atoms with Crippen molar-refractivity contribution in [2.75, 3.05) is 23.9 Å². The van der Waals surface area contributed by atoms with Crippen molar-refractivity contribution in [1.82, 2.24) is 14.7 Å². The SMILES string of the molecule is COc1ccc(NC(=O)C[C@@H]2C(=O)N(c3ccc(Cl)cc3)C(=S)N2CCCn2nc(C(F)(F)F)cc2C)cc1. The molecule has 2 amide bonds. The van der Waals surface area contributed by atoms with E-state index in [1.165, 1.54) is 16.7 Å². The minimum atomic E-state index is -4.54. The highest BCUT2D eigenvalue weighted by atomic mass is 35.5. The van der Waals surface area contributed by atoms with Gasteiger partial charge in [-0.3, -0.25) is 19.2 Å². The van der Waals surface area contributed by atoms with E-state index in [9.17, 15) is 22.8 Å². The molecule has 2 heterocycles. The first-order chi connectivity index (χ1) is 18.5. The van der Waals surface area contributed by atoms with E-state index in [-0.39, 0.29) is 30.5 Å². The largest absolute Gasteiger partial charge is 0.497 e. The predicted molar refractivity (Wildman–Crippen MR) is 145 cm³/mol. The number of carbonyl (C=O) groups is 2. The van der Waals surface area contributed by atoms with Gasteiger partial charge in [0.1, 0.15) is 11.8 Å². The molecule has 0 bridgehead atoms. The average molecular weight is 580 g/mol. The minimum Gasteiger partial charge on any atom is -0.497 e. The van der Waals surface area contributed by atoms with Gasteiger partial charge >= 0.3 is 6.18 Å². The predicted octanol–water partition coefficient (Wildman–Crippen LogP) is 5.29. The molecule has 206 valence electrons. The number of aromatic nitrogens is 2. The third-order valence-corrected chi connectivity index (χ3v) is 6.87. The topological polar surface area (TPSA) is 79.7 Å². The van der Waals surface area contributed by atoms with Gasteiger partial charge in [0.2, 0.25) is 5.91 Å². The number of anilines is 2. The number of rotatable bonds is 9. The van der Waals surface area contributed by atoms with Crippen LogP contribution in [0, 0.1) is 6.92 Å². The fourth-order valence-corrected chi connectivity index (χ4v) is 4.78. The zero-order valence-electron chi connectivity index (χ0n) is 21.0. The number of carbonyl (C=O) groups excluding carboxylic acids is 2. The lowest BCUT2D eigenvalue weighted by molar-refractivity contribution is -0.141. The maximum atomic E-state index is 13.5. The summed E-state index contributed by atoms with van der Waals surface area (Å²) in [6.45, 7) is 1.93. The minimum absolute atomic E-state index is 0.168. The number of halogens is 4. The van der Waals surface area contributed by atoms with Gasteiger partial charge in [-0.25, -0.2) is 0 Å². The number of methoxy groups -OCH3 is 1. The van der Waals surface area contributed by atoms with Crippen molar-refractivity contribution in [3.63, 3.8) is 0 Å². The van der Waals surface area contributed by atoms with Gasteiger partial charge in [-0.15, -0.1) is 0 Å². The summed E-state index contributed by atoms with van der Waals surface area (Å²) in [7, 11) is 1.53. The van der Waals surface area contributed by atoms with Gasteiger partial charge < -0.3 is 15.0 Å². The first-order valence-electron chi connectivity index (χ1n) is 11.9. The molecule has 0 unspecified atom stereocenters. The highest BCUT2D eigenvalue weighted by Gasteiger charge is 2.44. The van der Waals surface area contributed by atoms with Gasteiger partial charge in [-0.2, -0.15) is 18.3 Å². The number of aryl methyl sites for hydroxylation is 2. The van der Waals surface area contributed by atoms with Crippen molar-refractivity contribution in [2.24, 2.45) is 0 Å². The number of hydrogen-bond acceptors (Lipinski definition) is 5. The molecule has 4 rings (SSSR count). The zero-order chi connectivity index (χ0) is 28.3. The molecule has 1 aliphatic heterocycles. The van der Waals surface area contributed by atoms with E-state index in [0.29, 0.717) is 34.3 Å². The highest BCUT2D eigenvalue weighted by Crippen LogP contribution is 2.30. The third kappa shape index (κ3) is 6.51. The Labute approximate surface area is 233 Å². The van der Waals surface area contributed by atoms with E-state index in [0.717, 1.165) is 6.07 Å². The number of thiocarbonyl (C=S) groups is 1. The van der Waals surface area contributed by atoms with Gasteiger partial charge in [0.15, 0.2) is 10.8 Å². The molecule has 1 aliphatic rings. The second-order valence-electron chi connectivity index (χ2n) is 8.87. The summed E-state index contributed by atoms with van der Waals surface area (Å²) < 4.78 is 45.5. The third-order valence-electron chi connectivity index (χ3n) is 6.20. The van der Waals surface area contributed by atoms with Gasteiger partial charge in [-0.1, -0.05) is 11.6 Å². The fraction of sp³-hybridized carbons (Fsp3) is 0.308. The van der Waals surface area contributed by atoms with Crippen LogP contribution in [0.25, 0.3) is 0 Å². The van der Waals surface area contributed by atoms with Crippen LogP contribution in [0.5, 0.6) is 5.75 Å². The lowest BCUT2D eigenvalue weighted by Gasteiger charge is -2.24. The average Bonchev–Trinajstić information content (AvgIpc) is 3.37. The van der Waals surface area contributed by atoms with Crippen LogP contribution >= 0.6 is 23.8 Å². The van der Waals surface area contributed by atoms with Gasteiger partial charge in [0, 0.05) is 29.5 Å². The molecule has 3 aromatic rings. The van der Waals surface area contributed by atoms with Crippen molar-refractivity contribution < 1.29 is 27.5 Å². The van der Waals surface area contributed by atoms with Crippen LogP contribution in [0.2, 0.25) is 5.02 Å². The Bertz CT molecular complexity index is 1360. The molecule has 1 aromatic heterocycles. The molecular weight excluding hydrogens is 555 g/mol. The smallest absolute Gasteiger partial charge is 0.435 e. The highest BCUT2D eigenvalue weighted by molar-refractivity contribution is 7.80. The van der Waals surface area contributed by atoms with Crippen LogP contribution in [0.15, 0.2) is 54.6 Å². The van der Waals surface area contributed by atoms with Crippen molar-refractivity contribution in [1.29, 1.82) is 0 Å². The summed E-state index contributed by atoms with van der Waals surface area (Å²) in [5.74, 6) is -0.160. The van der Waals surface area contributed by atoms with Gasteiger partial charge in [0.25, 0.3) is 5.91 Å². The first kappa shape index (κ1) is 28.4. The molecule has 1 atom stereocenters. The van der Waals surface area contributed by atoms with E-state index in [1.807, 2.05) is 0 Å². The maximum absolute atomic E-state index is 13.5. The van der Waals surface area contributed by atoms with E-state index < -0.39 is 23.8 Å². The molecule has 0 radical (unpaired) electrons. The molecular formula is C26H25ClF3N5O3S. The van der Waals surface area contributed by atoms with Crippen molar-refractivity contribution in [3.05, 3.63) is 71.0 Å². The van der Waals surface area contributed by atoms with Crippen LogP contribution < -0.4 is 15.0 Å². The maximum Gasteiger partial charge on any atom is 0.435 e. The van der Waals surface area contributed by atoms with E-state index in [2.05, 4.69) is 10.4 Å². The lowest BCUT2D eigenvalue weighted by atomic mass is 10.1. The van der Waals surface area contributed by atoms with E-state index in [4.69, 9.17) is 28.6 Å². The Kier molecular flexibility index (Phi) is 8.45. The number of hydrogen-bond donors (Lipinski definition) is 1. The summed E-state index contributed by atoms with van der Waals surface area (Å²) in [5, 5.41) is 7.10. The number of ether oxygens (including phenoxy) is 1. The summed E-state index contributed by atoms with van der Waals surface area (Å²) >= 11 is 11.6. The van der Waals surface area contributed by atoms with Crippen LogP contribution in [0.3, 0.4) is 0 Å². The summed E-state index contributed by atoms with van der Waals surface area (Å²) in [6.07, 6.45) is -4.40. The van der Waals surface area contributed by atoms with Crippen LogP contribution in [-0.4, -0.2) is 51.3 Å². The molecule has 1 fully saturated rings. The van der Waals surface area contributed by atoms with E-state index in [1.54, 1.807) is 60.4 Å². The second-order valence-corrected chi connectivity index (χ2v) is 9.67. The quantitative estimate of drug-likeness (QED) is 0.347. The molecule has 2 aromatic carbocycles. The summed E-state index contributed by atoms with van der Waals surface area (Å²) in [4.78, 5) is 29.4. The number of benzene rings is 2. The van der Waals surface area contributed by atoms with E-state index >= 15 is 0 Å². The van der Waals surface area contributed by atoms with Crippen molar-refractivity contribution in [3.8, 4) is 5.75 Å². The number of amides is 2. The molecule has 0 spiro atoms. The van der Waals surface area contributed by atoms with Gasteiger partial charge in [0.05, 0.1) is 19.2 Å². The Morgan fingerprint density at radius 1 is 1.13 bits per heavy atom. The summed E-state index contributed by atoms with van der Waals surface area (Å²) in [6, 6.07) is 13.4. The number of nitrogens with zero attached hydrogens (tertiary/aromatic N) is 4. The monoisotopic (exact) mass is 579 g/mol. The zero-order valence-corrected chi connectivity index (χ0v) is 22.6. The molecule has 1 N–H and O–H groups in total. The van der Waals surface area contributed by atoms with Crippen molar-refractivity contribution in [2.45, 2.75) is 38.5 Å². The van der Waals surface area contributed by atoms with Crippen LogP contribution in [0.1, 0.15) is 24.2 Å². The molecule has 13 heteroatoms.